The fourth-order valence-electron chi connectivity index (χ4n) is 2.23. The summed E-state index contributed by atoms with van der Waals surface area (Å²) < 4.78 is 16.3. The van der Waals surface area contributed by atoms with Crippen LogP contribution in [0.5, 0.6) is 5.75 Å². The number of carbonyl (C=O) groups is 1. The minimum atomic E-state index is -0.550. The summed E-state index contributed by atoms with van der Waals surface area (Å²) in [5, 5.41) is 6.07. The smallest absolute Gasteiger partial charge is 0.412 e. The van der Waals surface area contributed by atoms with Crippen molar-refractivity contribution in [1.82, 2.24) is 5.32 Å². The lowest BCUT2D eigenvalue weighted by molar-refractivity contribution is 0.0280. The molecule has 0 bridgehead atoms. The van der Waals surface area contributed by atoms with Gasteiger partial charge in [0.25, 0.3) is 0 Å². The molecule has 0 aliphatic carbocycles. The first kappa shape index (κ1) is 16.6. The summed E-state index contributed by atoms with van der Waals surface area (Å²) >= 11 is 0. The highest BCUT2D eigenvalue weighted by molar-refractivity contribution is 5.86. The molecule has 0 aromatic heterocycles. The third kappa shape index (κ3) is 4.61. The Morgan fingerprint density at radius 2 is 2.18 bits per heavy atom. The first-order valence-electron chi connectivity index (χ1n) is 7.39. The molecule has 1 saturated heterocycles. The Bertz CT molecular complexity index is 519. The number of morpholine rings is 1. The van der Waals surface area contributed by atoms with Crippen LogP contribution in [0.25, 0.3) is 0 Å². The van der Waals surface area contributed by atoms with E-state index >= 15 is 0 Å². The maximum Gasteiger partial charge on any atom is 0.412 e. The standard InChI is InChI=1S/C16H24N2O4/c1-16(2,3)22-15(19)18-13-9-11(20-4)5-6-12(13)14-10-17-7-8-21-14/h5-6,9,14,17H,7-8,10H2,1-4H3,(H,18,19). The second-order valence-corrected chi connectivity index (χ2v) is 6.14. The van der Waals surface area contributed by atoms with Crippen LogP contribution in [0, 0.1) is 0 Å². The lowest BCUT2D eigenvalue weighted by Crippen LogP contribution is -2.34. The zero-order valence-electron chi connectivity index (χ0n) is 13.6. The Kier molecular flexibility index (Phi) is 5.26. The number of benzene rings is 1. The van der Waals surface area contributed by atoms with Crippen molar-refractivity contribution in [3.63, 3.8) is 0 Å². The molecule has 2 N–H and O–H groups in total. The van der Waals surface area contributed by atoms with Crippen molar-refractivity contribution in [3.05, 3.63) is 23.8 Å². The van der Waals surface area contributed by atoms with Crippen LogP contribution in [-0.2, 0) is 9.47 Å². The Morgan fingerprint density at radius 3 is 2.77 bits per heavy atom. The van der Waals surface area contributed by atoms with Gasteiger partial charge in [-0.05, 0) is 26.8 Å². The number of methoxy groups -OCH3 is 1. The SMILES string of the molecule is COc1ccc(C2CNCCO2)c(NC(=O)OC(C)(C)C)c1. The molecule has 0 radical (unpaired) electrons. The molecule has 6 heteroatoms. The van der Waals surface area contributed by atoms with E-state index in [2.05, 4.69) is 10.6 Å². The fourth-order valence-corrected chi connectivity index (χ4v) is 2.23. The van der Waals surface area contributed by atoms with Crippen LogP contribution in [0.4, 0.5) is 10.5 Å². The predicted octanol–water partition coefficient (Wildman–Crippen LogP) is 2.70. The highest BCUT2D eigenvalue weighted by atomic mass is 16.6. The Morgan fingerprint density at radius 1 is 1.41 bits per heavy atom. The van der Waals surface area contributed by atoms with Crippen molar-refractivity contribution < 1.29 is 19.0 Å². The molecule has 0 spiro atoms. The van der Waals surface area contributed by atoms with E-state index in [1.54, 1.807) is 13.2 Å². The largest absolute Gasteiger partial charge is 0.497 e. The van der Waals surface area contributed by atoms with Crippen molar-refractivity contribution in [3.8, 4) is 5.75 Å². The van der Waals surface area contributed by atoms with Gasteiger partial charge in [-0.3, -0.25) is 5.32 Å². The van der Waals surface area contributed by atoms with Crippen LogP contribution < -0.4 is 15.4 Å². The van der Waals surface area contributed by atoms with Gasteiger partial charge >= 0.3 is 6.09 Å². The highest BCUT2D eigenvalue weighted by Crippen LogP contribution is 2.30. The number of hydrogen-bond donors (Lipinski definition) is 2. The van der Waals surface area contributed by atoms with E-state index in [0.29, 0.717) is 24.6 Å². The molecule has 2 rings (SSSR count). The van der Waals surface area contributed by atoms with Crippen molar-refractivity contribution in [2.45, 2.75) is 32.5 Å². The first-order chi connectivity index (χ1) is 10.4. The summed E-state index contributed by atoms with van der Waals surface area (Å²) in [6.45, 7) is 7.66. The molecule has 6 nitrogen and oxygen atoms in total. The summed E-state index contributed by atoms with van der Waals surface area (Å²) in [4.78, 5) is 12.0. The molecule has 1 unspecified atom stereocenters. The molecular weight excluding hydrogens is 284 g/mol. The van der Waals surface area contributed by atoms with Gasteiger partial charge in [0.15, 0.2) is 0 Å². The summed E-state index contributed by atoms with van der Waals surface area (Å²) in [6, 6.07) is 5.54. The molecule has 0 saturated carbocycles. The number of hydrogen-bond acceptors (Lipinski definition) is 5. The lowest BCUT2D eigenvalue weighted by atomic mass is 10.1. The van der Waals surface area contributed by atoms with Crippen LogP contribution in [0.15, 0.2) is 18.2 Å². The minimum absolute atomic E-state index is 0.107. The molecule has 1 atom stereocenters. The maximum atomic E-state index is 12.0. The monoisotopic (exact) mass is 308 g/mol. The second kappa shape index (κ2) is 6.98. The quantitative estimate of drug-likeness (QED) is 0.898. The molecule has 122 valence electrons. The molecule has 1 heterocycles. The van der Waals surface area contributed by atoms with Crippen molar-refractivity contribution in [2.75, 3.05) is 32.1 Å². The number of nitrogens with one attached hydrogen (secondary N) is 2. The predicted molar refractivity (Wildman–Crippen MR) is 84.4 cm³/mol. The van der Waals surface area contributed by atoms with Gasteiger partial charge in [-0.15, -0.1) is 0 Å². The van der Waals surface area contributed by atoms with Crippen LogP contribution >= 0.6 is 0 Å². The summed E-state index contributed by atoms with van der Waals surface area (Å²) in [6.07, 6.45) is -0.602. The van der Waals surface area contributed by atoms with Gasteiger partial charge in [0.1, 0.15) is 11.4 Å². The third-order valence-corrected chi connectivity index (χ3v) is 3.17. The molecule has 1 aromatic carbocycles. The van der Waals surface area contributed by atoms with E-state index in [0.717, 1.165) is 12.1 Å². The highest BCUT2D eigenvalue weighted by Gasteiger charge is 2.22. The van der Waals surface area contributed by atoms with Crippen LogP contribution in [-0.4, -0.2) is 38.5 Å². The molecule has 1 amide bonds. The number of amides is 1. The Labute approximate surface area is 131 Å². The number of carbonyl (C=O) groups excluding carboxylic acids is 1. The van der Waals surface area contributed by atoms with Gasteiger partial charge in [-0.25, -0.2) is 4.79 Å². The fraction of sp³-hybridized carbons (Fsp3) is 0.562. The number of ether oxygens (including phenoxy) is 3. The molecule has 1 aliphatic rings. The van der Waals surface area contributed by atoms with E-state index in [-0.39, 0.29) is 6.10 Å². The molecular formula is C16H24N2O4. The normalized spacial score (nSPS) is 18.6. The zero-order valence-corrected chi connectivity index (χ0v) is 13.6. The summed E-state index contributed by atoms with van der Waals surface area (Å²) in [5.74, 6) is 0.665. The van der Waals surface area contributed by atoms with E-state index in [1.165, 1.54) is 0 Å². The van der Waals surface area contributed by atoms with E-state index in [9.17, 15) is 4.79 Å². The van der Waals surface area contributed by atoms with Crippen molar-refractivity contribution >= 4 is 11.8 Å². The first-order valence-corrected chi connectivity index (χ1v) is 7.39. The van der Waals surface area contributed by atoms with Crippen LogP contribution in [0.3, 0.4) is 0 Å². The van der Waals surface area contributed by atoms with Crippen LogP contribution in [0.2, 0.25) is 0 Å². The van der Waals surface area contributed by atoms with E-state index in [4.69, 9.17) is 14.2 Å². The average molecular weight is 308 g/mol. The topological polar surface area (TPSA) is 68.8 Å². The van der Waals surface area contributed by atoms with Gasteiger partial charge in [0, 0.05) is 24.7 Å². The number of rotatable bonds is 3. The van der Waals surface area contributed by atoms with Crippen molar-refractivity contribution in [1.29, 1.82) is 0 Å². The van der Waals surface area contributed by atoms with Gasteiger partial charge < -0.3 is 19.5 Å². The summed E-state index contributed by atoms with van der Waals surface area (Å²) in [7, 11) is 1.59. The molecule has 1 fully saturated rings. The van der Waals surface area contributed by atoms with Gasteiger partial charge in [0.2, 0.25) is 0 Å². The molecule has 1 aromatic rings. The average Bonchev–Trinajstić information content (AvgIpc) is 2.46. The van der Waals surface area contributed by atoms with Crippen LogP contribution in [0.1, 0.15) is 32.4 Å². The van der Waals surface area contributed by atoms with Gasteiger partial charge in [-0.1, -0.05) is 6.07 Å². The van der Waals surface area contributed by atoms with E-state index in [1.807, 2.05) is 32.9 Å². The van der Waals surface area contributed by atoms with Crippen molar-refractivity contribution in [2.24, 2.45) is 0 Å². The minimum Gasteiger partial charge on any atom is -0.497 e. The molecule has 1 aliphatic heterocycles. The van der Waals surface area contributed by atoms with Gasteiger partial charge in [0.05, 0.1) is 25.5 Å². The third-order valence-electron chi connectivity index (χ3n) is 3.17. The summed E-state index contributed by atoms with van der Waals surface area (Å²) in [5.41, 5.74) is 0.993. The molecule has 22 heavy (non-hydrogen) atoms. The van der Waals surface area contributed by atoms with Gasteiger partial charge in [-0.2, -0.15) is 0 Å². The zero-order chi connectivity index (χ0) is 16.2. The van der Waals surface area contributed by atoms with E-state index < -0.39 is 11.7 Å². The Balaban J connectivity index is 2.20. The Hall–Kier alpha value is -1.79. The maximum absolute atomic E-state index is 12.0. The number of anilines is 1. The lowest BCUT2D eigenvalue weighted by Gasteiger charge is -2.26. The second-order valence-electron chi connectivity index (χ2n) is 6.14.